The third kappa shape index (κ3) is 0.832. The molecule has 0 radical (unpaired) electrons. The number of Topliss-reactive ketones (excluding diaryl/α,β-unsaturated/α-hetero) is 1. The standard InChI is InChI=1S/C4H5O7P/c1-3-2(5)4(6,7)11-12(8,9-3)10-3/h6-7H,1H3. The van der Waals surface area contributed by atoms with Gasteiger partial charge in [0.25, 0.3) is 11.6 Å². The fraction of sp³-hybridized carbons (Fsp3) is 0.750. The molecule has 8 heteroatoms. The molecule has 12 heavy (non-hydrogen) atoms. The summed E-state index contributed by atoms with van der Waals surface area (Å²) in [5.41, 5.74) is 0. The van der Waals surface area contributed by atoms with Crippen molar-refractivity contribution in [1.82, 2.24) is 0 Å². The summed E-state index contributed by atoms with van der Waals surface area (Å²) < 4.78 is 23.8. The lowest BCUT2D eigenvalue weighted by atomic mass is 10.2. The fourth-order valence-corrected chi connectivity index (χ4v) is 2.55. The van der Waals surface area contributed by atoms with Crippen molar-refractivity contribution in [2.45, 2.75) is 18.7 Å². The zero-order valence-electron chi connectivity index (χ0n) is 5.88. The van der Waals surface area contributed by atoms with E-state index < -0.39 is 25.4 Å². The molecule has 0 aromatic rings. The van der Waals surface area contributed by atoms with Gasteiger partial charge >= 0.3 is 13.8 Å². The van der Waals surface area contributed by atoms with Crippen LogP contribution < -0.4 is 0 Å². The van der Waals surface area contributed by atoms with E-state index in [2.05, 4.69) is 13.6 Å². The lowest BCUT2D eigenvalue weighted by Gasteiger charge is -2.48. The predicted molar refractivity (Wildman–Crippen MR) is 31.4 cm³/mol. The highest BCUT2D eigenvalue weighted by atomic mass is 31.2. The molecule has 2 bridgehead atoms. The lowest BCUT2D eigenvalue weighted by Crippen LogP contribution is -2.64. The van der Waals surface area contributed by atoms with Gasteiger partial charge in [0.2, 0.25) is 0 Å². The Morgan fingerprint density at radius 2 is 1.83 bits per heavy atom. The molecule has 3 fully saturated rings. The zero-order valence-corrected chi connectivity index (χ0v) is 6.78. The number of hydrogen-bond acceptors (Lipinski definition) is 7. The van der Waals surface area contributed by atoms with Gasteiger partial charge in [-0.05, 0) is 6.92 Å². The average Bonchev–Trinajstić information content (AvgIpc) is 1.77. The Hall–Kier alpha value is -0.300. The molecule has 0 amide bonds. The molecule has 0 unspecified atom stereocenters. The van der Waals surface area contributed by atoms with Crippen molar-refractivity contribution in [2.24, 2.45) is 0 Å². The maximum absolute atomic E-state index is 11.0. The average molecular weight is 196 g/mol. The van der Waals surface area contributed by atoms with E-state index in [-0.39, 0.29) is 0 Å². The maximum atomic E-state index is 11.0. The van der Waals surface area contributed by atoms with Crippen LogP contribution in [0.25, 0.3) is 0 Å². The molecule has 3 heterocycles. The summed E-state index contributed by atoms with van der Waals surface area (Å²) in [7, 11) is -3.89. The Bertz CT molecular complexity index is 290. The normalized spacial score (nSPS) is 50.1. The molecule has 0 aromatic carbocycles. The molecule has 7 nitrogen and oxygen atoms in total. The summed E-state index contributed by atoms with van der Waals surface area (Å²) in [6.07, 6.45) is 0. The number of hydrogen-bond donors (Lipinski definition) is 2. The van der Waals surface area contributed by atoms with E-state index in [4.69, 9.17) is 10.2 Å². The van der Waals surface area contributed by atoms with Crippen LogP contribution in [-0.4, -0.2) is 27.8 Å². The van der Waals surface area contributed by atoms with Crippen LogP contribution in [-0.2, 0) is 22.9 Å². The van der Waals surface area contributed by atoms with Crippen LogP contribution in [0.5, 0.6) is 0 Å². The van der Waals surface area contributed by atoms with Crippen LogP contribution in [0.3, 0.4) is 0 Å². The van der Waals surface area contributed by atoms with Crippen molar-refractivity contribution in [1.29, 1.82) is 0 Å². The first-order valence-corrected chi connectivity index (χ1v) is 4.45. The van der Waals surface area contributed by atoms with Crippen molar-refractivity contribution in [3.8, 4) is 0 Å². The number of carbonyl (C=O) groups is 1. The lowest BCUT2D eigenvalue weighted by molar-refractivity contribution is -0.348. The van der Waals surface area contributed by atoms with Crippen LogP contribution in [0.4, 0.5) is 0 Å². The van der Waals surface area contributed by atoms with Crippen LogP contribution >= 0.6 is 7.82 Å². The van der Waals surface area contributed by atoms with Gasteiger partial charge in [0.1, 0.15) is 0 Å². The number of carbonyl (C=O) groups excluding carboxylic acids is 1. The van der Waals surface area contributed by atoms with E-state index in [0.29, 0.717) is 0 Å². The second kappa shape index (κ2) is 1.79. The quantitative estimate of drug-likeness (QED) is 0.382. The fourth-order valence-electron chi connectivity index (χ4n) is 1.05. The van der Waals surface area contributed by atoms with Gasteiger partial charge in [0, 0.05) is 0 Å². The molecule has 3 rings (SSSR count). The minimum absolute atomic E-state index is 1.12. The molecule has 0 aliphatic carbocycles. The van der Waals surface area contributed by atoms with Crippen LogP contribution in [0.15, 0.2) is 0 Å². The van der Waals surface area contributed by atoms with Gasteiger partial charge in [0.15, 0.2) is 0 Å². The number of rotatable bonds is 0. The van der Waals surface area contributed by atoms with Crippen molar-refractivity contribution >= 4 is 13.6 Å². The summed E-state index contributed by atoms with van der Waals surface area (Å²) >= 11 is 0. The summed E-state index contributed by atoms with van der Waals surface area (Å²) in [4.78, 5) is 11.0. The number of fused-ring (bicyclic) bond motifs is 2. The first-order valence-electron chi connectivity index (χ1n) is 2.99. The van der Waals surface area contributed by atoms with Gasteiger partial charge in [0.05, 0.1) is 0 Å². The zero-order chi connectivity index (χ0) is 9.20. The smallest absolute Gasteiger partial charge is 0.337 e. The number of ketones is 1. The molecular formula is C4H5O7P. The summed E-state index contributed by atoms with van der Waals surface area (Å²) in [5.74, 6) is -6.15. The van der Waals surface area contributed by atoms with Crippen molar-refractivity contribution in [3.63, 3.8) is 0 Å². The van der Waals surface area contributed by atoms with Crippen LogP contribution in [0.1, 0.15) is 6.92 Å². The minimum Gasteiger partial charge on any atom is -0.337 e. The monoisotopic (exact) mass is 196 g/mol. The van der Waals surface area contributed by atoms with Crippen molar-refractivity contribution in [3.05, 3.63) is 0 Å². The van der Waals surface area contributed by atoms with Gasteiger partial charge in [-0.25, -0.2) is 18.1 Å². The Kier molecular flexibility index (Phi) is 1.24. The van der Waals surface area contributed by atoms with Gasteiger partial charge < -0.3 is 10.2 Å². The number of phosphoric ester groups is 1. The molecule has 68 valence electrons. The highest BCUT2D eigenvalue weighted by molar-refractivity contribution is 7.50. The molecule has 0 aromatic heterocycles. The Morgan fingerprint density at radius 3 is 2.25 bits per heavy atom. The molecule has 3 saturated heterocycles. The van der Waals surface area contributed by atoms with Crippen molar-refractivity contribution in [2.75, 3.05) is 0 Å². The van der Waals surface area contributed by atoms with E-state index in [1.165, 1.54) is 0 Å². The minimum atomic E-state index is -3.89. The first-order chi connectivity index (χ1) is 5.28. The largest absolute Gasteiger partial charge is 0.485 e. The summed E-state index contributed by atoms with van der Waals surface area (Å²) in [6, 6.07) is 0. The van der Waals surface area contributed by atoms with E-state index in [1.807, 2.05) is 0 Å². The SMILES string of the molecule is CC12OP(=O)(OC(O)(O)C1=O)O2. The van der Waals surface area contributed by atoms with E-state index in [9.17, 15) is 9.36 Å². The Labute approximate surface area is 66.5 Å². The first kappa shape index (κ1) is 8.31. The van der Waals surface area contributed by atoms with E-state index in [0.717, 1.165) is 6.92 Å². The maximum Gasteiger partial charge on any atom is 0.485 e. The second-order valence-corrected chi connectivity index (χ2v) is 4.05. The third-order valence-corrected chi connectivity index (χ3v) is 3.14. The number of phosphoric acid groups is 1. The number of aliphatic hydroxyl groups is 2. The van der Waals surface area contributed by atoms with Crippen molar-refractivity contribution < 1.29 is 33.1 Å². The summed E-state index contributed by atoms with van der Waals surface area (Å²) in [6.45, 7) is 1.12. The van der Waals surface area contributed by atoms with E-state index in [1.54, 1.807) is 0 Å². The molecule has 2 N–H and O–H groups in total. The second-order valence-electron chi connectivity index (χ2n) is 2.60. The highest BCUT2D eigenvalue weighted by Crippen LogP contribution is 2.70. The predicted octanol–water partition coefficient (Wildman–Crippen LogP) is -0.905. The molecule has 0 spiro atoms. The van der Waals surface area contributed by atoms with Crippen LogP contribution in [0, 0.1) is 0 Å². The molecule has 3 aliphatic heterocycles. The Morgan fingerprint density at radius 1 is 1.33 bits per heavy atom. The summed E-state index contributed by atoms with van der Waals surface area (Å²) in [5, 5.41) is 17.7. The van der Waals surface area contributed by atoms with Gasteiger partial charge in [-0.15, -0.1) is 0 Å². The molecular weight excluding hydrogens is 191 g/mol. The topological polar surface area (TPSA) is 102 Å². The van der Waals surface area contributed by atoms with Gasteiger partial charge in [-0.2, -0.15) is 0 Å². The van der Waals surface area contributed by atoms with E-state index >= 15 is 0 Å². The Balaban J connectivity index is 2.40. The third-order valence-electron chi connectivity index (χ3n) is 1.52. The van der Waals surface area contributed by atoms with Crippen LogP contribution in [0.2, 0.25) is 0 Å². The molecule has 0 saturated carbocycles. The van der Waals surface area contributed by atoms with Gasteiger partial charge in [-0.3, -0.25) is 4.79 Å². The molecule has 0 atom stereocenters. The highest BCUT2D eigenvalue weighted by Gasteiger charge is 2.72. The van der Waals surface area contributed by atoms with Gasteiger partial charge in [-0.1, -0.05) is 0 Å². The molecule has 3 aliphatic rings.